The molecule has 3 nitrogen and oxygen atoms in total. The van der Waals surface area contributed by atoms with E-state index in [0.29, 0.717) is 0 Å². The number of hydrogen-bond donors (Lipinski definition) is 2. The van der Waals surface area contributed by atoms with Crippen LogP contribution in [0.4, 0.5) is 0 Å². The second-order valence-corrected chi connectivity index (χ2v) is 5.25. The first kappa shape index (κ1) is 13.5. The lowest BCUT2D eigenvalue weighted by molar-refractivity contribution is -0.127. The molecule has 3 heteroatoms. The van der Waals surface area contributed by atoms with Gasteiger partial charge < -0.3 is 10.4 Å². The highest BCUT2D eigenvalue weighted by atomic mass is 16.3. The zero-order valence-electron chi connectivity index (χ0n) is 10.6. The summed E-state index contributed by atoms with van der Waals surface area (Å²) in [6.45, 7) is 3.91. The van der Waals surface area contributed by atoms with Crippen LogP contribution in [0.15, 0.2) is 0 Å². The fourth-order valence-electron chi connectivity index (χ4n) is 2.18. The zero-order valence-corrected chi connectivity index (χ0v) is 10.6. The van der Waals surface area contributed by atoms with Gasteiger partial charge in [0.05, 0.1) is 12.1 Å². The minimum absolute atomic E-state index is 0.0158. The molecular weight excluding hydrogens is 202 g/mol. The molecule has 1 fully saturated rings. The van der Waals surface area contributed by atoms with Crippen molar-refractivity contribution in [2.24, 2.45) is 5.92 Å². The number of carbonyl (C=O) groups is 1. The predicted molar refractivity (Wildman–Crippen MR) is 65.1 cm³/mol. The van der Waals surface area contributed by atoms with Crippen molar-refractivity contribution in [2.75, 3.05) is 6.61 Å². The highest BCUT2D eigenvalue weighted by Gasteiger charge is 2.27. The van der Waals surface area contributed by atoms with Crippen molar-refractivity contribution in [3.8, 4) is 0 Å². The minimum atomic E-state index is -0.441. The lowest BCUT2D eigenvalue weighted by atomic mass is 9.95. The first-order chi connectivity index (χ1) is 7.61. The minimum Gasteiger partial charge on any atom is -0.394 e. The van der Waals surface area contributed by atoms with E-state index >= 15 is 0 Å². The Morgan fingerprint density at radius 2 is 1.88 bits per heavy atom. The molecule has 1 amide bonds. The van der Waals surface area contributed by atoms with Gasteiger partial charge in [-0.25, -0.2) is 0 Å². The fraction of sp³-hybridized carbons (Fsp3) is 0.923. The third-order valence-electron chi connectivity index (χ3n) is 3.78. The number of nitrogens with one attached hydrogen (secondary N) is 1. The average Bonchev–Trinajstić information content (AvgIpc) is 2.57. The van der Waals surface area contributed by atoms with Gasteiger partial charge >= 0.3 is 0 Å². The summed E-state index contributed by atoms with van der Waals surface area (Å²) < 4.78 is 0. The summed E-state index contributed by atoms with van der Waals surface area (Å²) in [5.41, 5.74) is -0.441. The number of amides is 1. The van der Waals surface area contributed by atoms with E-state index < -0.39 is 5.54 Å². The molecule has 16 heavy (non-hydrogen) atoms. The van der Waals surface area contributed by atoms with E-state index in [1.807, 2.05) is 13.8 Å². The fourth-order valence-corrected chi connectivity index (χ4v) is 2.18. The molecule has 0 aromatic carbocycles. The van der Waals surface area contributed by atoms with Crippen LogP contribution in [0.1, 0.15) is 58.8 Å². The highest BCUT2D eigenvalue weighted by Crippen LogP contribution is 2.23. The maximum absolute atomic E-state index is 12.1. The van der Waals surface area contributed by atoms with Gasteiger partial charge in [-0.05, 0) is 26.2 Å². The van der Waals surface area contributed by atoms with Crippen LogP contribution in [0.5, 0.6) is 0 Å². The van der Waals surface area contributed by atoms with Gasteiger partial charge in [-0.15, -0.1) is 0 Å². The van der Waals surface area contributed by atoms with Crippen molar-refractivity contribution in [1.29, 1.82) is 0 Å². The third-order valence-corrected chi connectivity index (χ3v) is 3.78. The standard InChI is InChI=1S/C13H25NO2/c1-3-13(2,10-15)14-12(16)11-8-6-4-5-7-9-11/h11,15H,3-10H2,1-2H3,(H,14,16). The van der Waals surface area contributed by atoms with E-state index in [1.165, 1.54) is 25.7 Å². The molecule has 1 unspecified atom stereocenters. The Kier molecular flexibility index (Phi) is 5.26. The summed E-state index contributed by atoms with van der Waals surface area (Å²) in [5.74, 6) is 0.306. The van der Waals surface area contributed by atoms with Crippen molar-refractivity contribution in [3.05, 3.63) is 0 Å². The maximum atomic E-state index is 12.1. The van der Waals surface area contributed by atoms with E-state index in [0.717, 1.165) is 19.3 Å². The van der Waals surface area contributed by atoms with Crippen molar-refractivity contribution < 1.29 is 9.90 Å². The van der Waals surface area contributed by atoms with Gasteiger partial charge in [-0.1, -0.05) is 32.6 Å². The molecule has 0 radical (unpaired) electrons. The van der Waals surface area contributed by atoms with E-state index in [9.17, 15) is 9.90 Å². The highest BCUT2D eigenvalue weighted by molar-refractivity contribution is 5.79. The second kappa shape index (κ2) is 6.24. The van der Waals surface area contributed by atoms with Crippen LogP contribution in [-0.4, -0.2) is 23.2 Å². The maximum Gasteiger partial charge on any atom is 0.223 e. The Hall–Kier alpha value is -0.570. The molecule has 0 spiro atoms. The average molecular weight is 227 g/mol. The van der Waals surface area contributed by atoms with E-state index in [1.54, 1.807) is 0 Å². The topological polar surface area (TPSA) is 49.3 Å². The molecule has 0 saturated heterocycles. The van der Waals surface area contributed by atoms with E-state index in [4.69, 9.17) is 0 Å². The van der Waals surface area contributed by atoms with Crippen LogP contribution in [0.25, 0.3) is 0 Å². The van der Waals surface area contributed by atoms with Crippen LogP contribution in [0.3, 0.4) is 0 Å². The van der Waals surface area contributed by atoms with Crippen molar-refractivity contribution in [3.63, 3.8) is 0 Å². The van der Waals surface area contributed by atoms with Crippen molar-refractivity contribution in [1.82, 2.24) is 5.32 Å². The number of carbonyl (C=O) groups excluding carboxylic acids is 1. The molecule has 0 aliphatic heterocycles. The Balaban J connectivity index is 2.49. The molecule has 94 valence electrons. The van der Waals surface area contributed by atoms with Gasteiger partial charge in [0.1, 0.15) is 0 Å². The summed E-state index contributed by atoms with van der Waals surface area (Å²) in [6.07, 6.45) is 7.64. The number of hydrogen-bond acceptors (Lipinski definition) is 2. The molecule has 1 atom stereocenters. The Labute approximate surface area is 98.6 Å². The van der Waals surface area contributed by atoms with Crippen LogP contribution in [0.2, 0.25) is 0 Å². The zero-order chi connectivity index (χ0) is 12.0. The van der Waals surface area contributed by atoms with Crippen LogP contribution < -0.4 is 5.32 Å². The quantitative estimate of drug-likeness (QED) is 0.724. The molecule has 0 heterocycles. The smallest absolute Gasteiger partial charge is 0.223 e. The monoisotopic (exact) mass is 227 g/mol. The molecule has 0 aromatic rings. The van der Waals surface area contributed by atoms with E-state index in [-0.39, 0.29) is 18.4 Å². The summed E-state index contributed by atoms with van der Waals surface area (Å²) in [6, 6.07) is 0. The number of aliphatic hydroxyl groups is 1. The molecule has 1 rings (SSSR count). The lowest BCUT2D eigenvalue weighted by Gasteiger charge is -2.29. The van der Waals surface area contributed by atoms with Gasteiger partial charge in [-0.2, -0.15) is 0 Å². The first-order valence-corrected chi connectivity index (χ1v) is 6.54. The Bertz CT molecular complexity index is 216. The summed E-state index contributed by atoms with van der Waals surface area (Å²) >= 11 is 0. The second-order valence-electron chi connectivity index (χ2n) is 5.25. The molecule has 0 bridgehead atoms. The lowest BCUT2D eigenvalue weighted by Crippen LogP contribution is -2.50. The van der Waals surface area contributed by atoms with Crippen LogP contribution in [0, 0.1) is 5.92 Å². The largest absolute Gasteiger partial charge is 0.394 e. The van der Waals surface area contributed by atoms with Crippen LogP contribution in [-0.2, 0) is 4.79 Å². The van der Waals surface area contributed by atoms with Gasteiger partial charge in [0, 0.05) is 5.92 Å². The van der Waals surface area contributed by atoms with Crippen LogP contribution >= 0.6 is 0 Å². The molecular formula is C13H25NO2. The molecule has 1 aliphatic rings. The third kappa shape index (κ3) is 3.78. The van der Waals surface area contributed by atoms with Crippen molar-refractivity contribution in [2.45, 2.75) is 64.3 Å². The van der Waals surface area contributed by atoms with Gasteiger partial charge in [0.25, 0.3) is 0 Å². The normalized spacial score (nSPS) is 22.2. The number of aliphatic hydroxyl groups excluding tert-OH is 1. The van der Waals surface area contributed by atoms with Gasteiger partial charge in [-0.3, -0.25) is 4.79 Å². The molecule has 1 aliphatic carbocycles. The Morgan fingerprint density at radius 3 is 2.31 bits per heavy atom. The SMILES string of the molecule is CCC(C)(CO)NC(=O)C1CCCCCC1. The van der Waals surface area contributed by atoms with Gasteiger partial charge in [0.15, 0.2) is 0 Å². The predicted octanol–water partition coefficient (Wildman–Crippen LogP) is 2.23. The molecule has 2 N–H and O–H groups in total. The summed E-state index contributed by atoms with van der Waals surface area (Å²) in [7, 11) is 0. The Morgan fingerprint density at radius 1 is 1.31 bits per heavy atom. The molecule has 1 saturated carbocycles. The summed E-state index contributed by atoms with van der Waals surface area (Å²) in [5, 5.41) is 12.3. The van der Waals surface area contributed by atoms with E-state index in [2.05, 4.69) is 5.32 Å². The molecule has 0 aromatic heterocycles. The van der Waals surface area contributed by atoms with Gasteiger partial charge in [0.2, 0.25) is 5.91 Å². The first-order valence-electron chi connectivity index (χ1n) is 6.54. The van der Waals surface area contributed by atoms with Crippen molar-refractivity contribution >= 4 is 5.91 Å². The summed E-state index contributed by atoms with van der Waals surface area (Å²) in [4.78, 5) is 12.1. The number of rotatable bonds is 4.